The number of halogens is 3. The minimum Gasteiger partial charge on any atom is -0.484 e. The van der Waals surface area contributed by atoms with Crippen molar-refractivity contribution < 1.29 is 17.9 Å². The van der Waals surface area contributed by atoms with Gasteiger partial charge in [-0.25, -0.2) is 8.42 Å². The van der Waals surface area contributed by atoms with Crippen molar-refractivity contribution in [2.75, 3.05) is 16.6 Å². The van der Waals surface area contributed by atoms with Gasteiger partial charge in [-0.15, -0.1) is 0 Å². The highest BCUT2D eigenvalue weighted by Crippen LogP contribution is 2.29. The van der Waals surface area contributed by atoms with Crippen LogP contribution < -0.4 is 14.8 Å². The first kappa shape index (κ1) is 22.4. The molecule has 0 spiro atoms. The van der Waals surface area contributed by atoms with E-state index in [2.05, 4.69) is 26.0 Å². The predicted octanol–water partition coefficient (Wildman–Crippen LogP) is 5.57. The van der Waals surface area contributed by atoms with Crippen LogP contribution in [-0.2, 0) is 14.8 Å². The van der Waals surface area contributed by atoms with Gasteiger partial charge in [0, 0.05) is 10.2 Å². The lowest BCUT2D eigenvalue weighted by atomic mass is 10.3. The highest BCUT2D eigenvalue weighted by Gasteiger charge is 2.15. The Labute approximate surface area is 192 Å². The van der Waals surface area contributed by atoms with Crippen molar-refractivity contribution in [3.8, 4) is 5.75 Å². The quantitative estimate of drug-likeness (QED) is 0.418. The Morgan fingerprint density at radius 1 is 0.933 bits per heavy atom. The third-order valence-electron chi connectivity index (χ3n) is 3.83. The van der Waals surface area contributed by atoms with Gasteiger partial charge in [-0.1, -0.05) is 45.2 Å². The maximum atomic E-state index is 12.5. The zero-order chi connectivity index (χ0) is 21.7. The van der Waals surface area contributed by atoms with Crippen LogP contribution in [0.1, 0.15) is 0 Å². The van der Waals surface area contributed by atoms with E-state index in [0.717, 1.165) is 4.47 Å². The third kappa shape index (κ3) is 5.89. The molecule has 0 atom stereocenters. The van der Waals surface area contributed by atoms with Gasteiger partial charge in [-0.05, 0) is 60.7 Å². The van der Waals surface area contributed by atoms with Gasteiger partial charge in [0.15, 0.2) is 6.61 Å². The SMILES string of the molecule is O=C(COc1ccc(S(=O)(=O)Nc2ccc(Br)cc2)cc1)Nc1c(Cl)cccc1Cl. The molecule has 0 heterocycles. The van der Waals surface area contributed by atoms with Crippen LogP contribution in [0.2, 0.25) is 10.0 Å². The molecule has 30 heavy (non-hydrogen) atoms. The van der Waals surface area contributed by atoms with E-state index >= 15 is 0 Å². The van der Waals surface area contributed by atoms with E-state index in [-0.39, 0.29) is 11.5 Å². The first-order valence-electron chi connectivity index (χ1n) is 8.50. The number of carbonyl (C=O) groups excluding carboxylic acids is 1. The molecule has 0 fully saturated rings. The third-order valence-corrected chi connectivity index (χ3v) is 6.38. The summed E-state index contributed by atoms with van der Waals surface area (Å²) in [6, 6.07) is 17.3. The summed E-state index contributed by atoms with van der Waals surface area (Å²) in [4.78, 5) is 12.1. The molecular formula is C20H15BrCl2N2O4S. The summed E-state index contributed by atoms with van der Waals surface area (Å²) < 4.78 is 33.7. The van der Waals surface area contributed by atoms with Crippen LogP contribution in [0.5, 0.6) is 5.75 Å². The van der Waals surface area contributed by atoms with Gasteiger partial charge in [0.05, 0.1) is 20.6 Å². The highest BCUT2D eigenvalue weighted by molar-refractivity contribution is 9.10. The van der Waals surface area contributed by atoms with Crippen molar-refractivity contribution in [2.45, 2.75) is 4.90 Å². The van der Waals surface area contributed by atoms with E-state index in [0.29, 0.717) is 27.2 Å². The number of hydrogen-bond donors (Lipinski definition) is 2. The van der Waals surface area contributed by atoms with Gasteiger partial charge in [0.25, 0.3) is 15.9 Å². The van der Waals surface area contributed by atoms with Crippen LogP contribution in [0.4, 0.5) is 11.4 Å². The van der Waals surface area contributed by atoms with Crippen LogP contribution in [-0.4, -0.2) is 20.9 Å². The average Bonchev–Trinajstić information content (AvgIpc) is 2.71. The Hall–Kier alpha value is -2.26. The molecule has 3 aromatic rings. The number of anilines is 2. The number of nitrogens with one attached hydrogen (secondary N) is 2. The standard InChI is InChI=1S/C20H15BrCl2N2O4S/c21-13-4-6-14(7-5-13)25-30(27,28)16-10-8-15(9-11-16)29-12-19(26)24-20-17(22)2-1-3-18(20)23/h1-11,25H,12H2,(H,24,26). The summed E-state index contributed by atoms with van der Waals surface area (Å²) in [6.45, 7) is -0.301. The van der Waals surface area contributed by atoms with Gasteiger partial charge in [0.2, 0.25) is 0 Å². The van der Waals surface area contributed by atoms with E-state index in [1.54, 1.807) is 42.5 Å². The fourth-order valence-electron chi connectivity index (χ4n) is 2.39. The second-order valence-corrected chi connectivity index (χ2v) is 9.43. The molecule has 156 valence electrons. The van der Waals surface area contributed by atoms with Crippen molar-refractivity contribution in [3.63, 3.8) is 0 Å². The largest absolute Gasteiger partial charge is 0.484 e. The molecular weight excluding hydrogens is 515 g/mol. The lowest BCUT2D eigenvalue weighted by Crippen LogP contribution is -2.20. The maximum absolute atomic E-state index is 12.5. The number of para-hydroxylation sites is 1. The molecule has 3 rings (SSSR count). The van der Waals surface area contributed by atoms with Crippen molar-refractivity contribution in [2.24, 2.45) is 0 Å². The lowest BCUT2D eigenvalue weighted by molar-refractivity contribution is -0.118. The smallest absolute Gasteiger partial charge is 0.262 e. The summed E-state index contributed by atoms with van der Waals surface area (Å²) in [5, 5.41) is 3.20. The average molecular weight is 530 g/mol. The van der Waals surface area contributed by atoms with Crippen LogP contribution in [0.15, 0.2) is 76.1 Å². The second kappa shape index (κ2) is 9.70. The van der Waals surface area contributed by atoms with Crippen molar-refractivity contribution >= 4 is 66.4 Å². The molecule has 0 saturated heterocycles. The van der Waals surface area contributed by atoms with Gasteiger partial charge in [0.1, 0.15) is 5.75 Å². The molecule has 0 saturated carbocycles. The zero-order valence-corrected chi connectivity index (χ0v) is 19.1. The molecule has 6 nitrogen and oxygen atoms in total. The molecule has 0 bridgehead atoms. The number of carbonyl (C=O) groups is 1. The molecule has 0 unspecified atom stereocenters. The fourth-order valence-corrected chi connectivity index (χ4v) is 4.20. The minimum absolute atomic E-state index is 0.0602. The van der Waals surface area contributed by atoms with Gasteiger partial charge >= 0.3 is 0 Å². The predicted molar refractivity (Wildman–Crippen MR) is 122 cm³/mol. The molecule has 1 amide bonds. The summed E-state index contributed by atoms with van der Waals surface area (Å²) in [6.07, 6.45) is 0. The summed E-state index contributed by atoms with van der Waals surface area (Å²) in [5.74, 6) is -0.128. The molecule has 2 N–H and O–H groups in total. The van der Waals surface area contributed by atoms with Crippen molar-refractivity contribution in [3.05, 3.63) is 81.2 Å². The van der Waals surface area contributed by atoms with E-state index in [1.165, 1.54) is 24.3 Å². The molecule has 0 aliphatic rings. The summed E-state index contributed by atoms with van der Waals surface area (Å²) in [7, 11) is -3.75. The number of rotatable bonds is 7. The number of amides is 1. The Kier molecular flexibility index (Phi) is 7.25. The Balaban J connectivity index is 1.60. The fraction of sp³-hybridized carbons (Fsp3) is 0.0500. The topological polar surface area (TPSA) is 84.5 Å². The van der Waals surface area contributed by atoms with Crippen molar-refractivity contribution in [1.29, 1.82) is 0 Å². The molecule has 0 aliphatic carbocycles. The molecule has 0 radical (unpaired) electrons. The van der Waals surface area contributed by atoms with E-state index in [9.17, 15) is 13.2 Å². The van der Waals surface area contributed by atoms with E-state index < -0.39 is 15.9 Å². The van der Waals surface area contributed by atoms with Crippen LogP contribution >= 0.6 is 39.1 Å². The number of sulfonamides is 1. The Bertz CT molecular complexity index is 1130. The Morgan fingerprint density at radius 2 is 1.53 bits per heavy atom. The monoisotopic (exact) mass is 528 g/mol. The summed E-state index contributed by atoms with van der Waals surface area (Å²) >= 11 is 15.3. The number of hydrogen-bond acceptors (Lipinski definition) is 4. The minimum atomic E-state index is -3.75. The molecule has 10 heteroatoms. The number of benzene rings is 3. The van der Waals surface area contributed by atoms with Gasteiger partial charge < -0.3 is 10.1 Å². The maximum Gasteiger partial charge on any atom is 0.262 e. The molecule has 3 aromatic carbocycles. The summed E-state index contributed by atoms with van der Waals surface area (Å²) in [5.41, 5.74) is 0.739. The zero-order valence-electron chi connectivity index (χ0n) is 15.2. The first-order valence-corrected chi connectivity index (χ1v) is 11.5. The highest BCUT2D eigenvalue weighted by atomic mass is 79.9. The lowest BCUT2D eigenvalue weighted by Gasteiger charge is -2.11. The number of ether oxygens (including phenoxy) is 1. The molecule has 0 aliphatic heterocycles. The van der Waals surface area contributed by atoms with E-state index in [4.69, 9.17) is 27.9 Å². The van der Waals surface area contributed by atoms with Crippen LogP contribution in [0.3, 0.4) is 0 Å². The normalized spacial score (nSPS) is 11.0. The first-order chi connectivity index (χ1) is 14.2. The Morgan fingerprint density at radius 3 is 2.13 bits per heavy atom. The van der Waals surface area contributed by atoms with Crippen molar-refractivity contribution in [1.82, 2.24) is 0 Å². The van der Waals surface area contributed by atoms with Gasteiger partial charge in [-0.2, -0.15) is 0 Å². The van der Waals surface area contributed by atoms with Crippen LogP contribution in [0, 0.1) is 0 Å². The molecule has 0 aromatic heterocycles. The second-order valence-electron chi connectivity index (χ2n) is 6.02. The van der Waals surface area contributed by atoms with E-state index in [1.807, 2.05) is 0 Å². The van der Waals surface area contributed by atoms with Gasteiger partial charge in [-0.3, -0.25) is 9.52 Å². The van der Waals surface area contributed by atoms with Crippen LogP contribution in [0.25, 0.3) is 0 Å².